The lowest BCUT2D eigenvalue weighted by molar-refractivity contribution is 0.102. The Kier molecular flexibility index (Phi) is 6.55. The molecule has 5 nitrogen and oxygen atoms in total. The van der Waals surface area contributed by atoms with Gasteiger partial charge < -0.3 is 10.1 Å². The van der Waals surface area contributed by atoms with E-state index in [4.69, 9.17) is 27.9 Å². The summed E-state index contributed by atoms with van der Waals surface area (Å²) in [6.45, 7) is 0. The van der Waals surface area contributed by atoms with Gasteiger partial charge in [0.15, 0.2) is 0 Å². The van der Waals surface area contributed by atoms with Crippen molar-refractivity contribution in [2.75, 3.05) is 12.4 Å². The van der Waals surface area contributed by atoms with Crippen molar-refractivity contribution in [3.05, 3.63) is 81.8 Å². The first kappa shape index (κ1) is 20.9. The van der Waals surface area contributed by atoms with Crippen LogP contribution in [0.4, 0.5) is 5.69 Å². The number of hydrogen-bond donors (Lipinski definition) is 1. The van der Waals surface area contributed by atoms with Crippen LogP contribution in [-0.2, 0) is 10.8 Å². The molecule has 3 rings (SSSR count). The second kappa shape index (κ2) is 9.10. The van der Waals surface area contributed by atoms with Crippen LogP contribution in [0.15, 0.2) is 70.5 Å². The van der Waals surface area contributed by atoms with Gasteiger partial charge in [0.05, 0.1) is 39.0 Å². The molecule has 29 heavy (non-hydrogen) atoms. The molecule has 1 amide bonds. The Morgan fingerprint density at radius 2 is 1.79 bits per heavy atom. The van der Waals surface area contributed by atoms with Crippen LogP contribution in [0.3, 0.4) is 0 Å². The fraction of sp³-hybridized carbons (Fsp3) is 0.0476. The van der Waals surface area contributed by atoms with E-state index in [1.807, 2.05) is 6.07 Å². The fourth-order valence-electron chi connectivity index (χ4n) is 2.56. The van der Waals surface area contributed by atoms with Crippen molar-refractivity contribution in [1.82, 2.24) is 0 Å². The number of carbonyl (C=O) groups is 1. The van der Waals surface area contributed by atoms with Crippen molar-refractivity contribution in [2.45, 2.75) is 9.79 Å². The van der Waals surface area contributed by atoms with Crippen LogP contribution in [0.25, 0.3) is 0 Å². The number of rotatable bonds is 5. The minimum atomic E-state index is -1.56. The molecule has 0 bridgehead atoms. The van der Waals surface area contributed by atoms with Crippen molar-refractivity contribution in [3.63, 3.8) is 0 Å². The summed E-state index contributed by atoms with van der Waals surface area (Å²) in [4.78, 5) is 13.3. The highest BCUT2D eigenvalue weighted by atomic mass is 35.5. The van der Waals surface area contributed by atoms with Gasteiger partial charge in [-0.15, -0.1) is 0 Å². The highest BCUT2D eigenvalue weighted by molar-refractivity contribution is 7.85. The quantitative estimate of drug-likeness (QED) is 0.579. The Balaban J connectivity index is 1.85. The molecule has 0 aliphatic heterocycles. The summed E-state index contributed by atoms with van der Waals surface area (Å²) < 4.78 is 18.0. The van der Waals surface area contributed by atoms with Gasteiger partial charge in [-0.05, 0) is 60.7 Å². The lowest BCUT2D eigenvalue weighted by Gasteiger charge is -2.10. The van der Waals surface area contributed by atoms with E-state index in [2.05, 4.69) is 5.32 Å². The summed E-state index contributed by atoms with van der Waals surface area (Å²) in [5.74, 6) is 0.199. The van der Waals surface area contributed by atoms with Crippen molar-refractivity contribution < 1.29 is 13.7 Å². The van der Waals surface area contributed by atoms with E-state index in [9.17, 15) is 14.3 Å². The fourth-order valence-corrected chi connectivity index (χ4v) is 4.18. The van der Waals surface area contributed by atoms with Crippen molar-refractivity contribution >= 4 is 45.6 Å². The maximum atomic E-state index is 12.9. The summed E-state index contributed by atoms with van der Waals surface area (Å²) >= 11 is 11.9. The monoisotopic (exact) mass is 444 g/mol. The Morgan fingerprint density at radius 1 is 1.07 bits per heavy atom. The molecule has 0 aliphatic rings. The molecule has 0 spiro atoms. The summed E-state index contributed by atoms with van der Waals surface area (Å²) in [7, 11) is -0.0126. The molecule has 0 heterocycles. The minimum Gasteiger partial charge on any atom is -0.497 e. The molecule has 0 radical (unpaired) electrons. The van der Waals surface area contributed by atoms with E-state index in [1.54, 1.807) is 49.6 Å². The average molecular weight is 445 g/mol. The molecule has 3 aromatic rings. The smallest absolute Gasteiger partial charge is 0.257 e. The summed E-state index contributed by atoms with van der Waals surface area (Å²) in [5.41, 5.74) is 0.827. The summed E-state index contributed by atoms with van der Waals surface area (Å²) in [6.07, 6.45) is 0. The number of benzene rings is 3. The lowest BCUT2D eigenvalue weighted by atomic mass is 10.2. The predicted molar refractivity (Wildman–Crippen MR) is 113 cm³/mol. The third-order valence-corrected chi connectivity index (χ3v) is 6.01. The Hall–Kier alpha value is -2.85. The number of methoxy groups -OCH3 is 1. The van der Waals surface area contributed by atoms with E-state index < -0.39 is 16.7 Å². The number of ether oxygens (including phenoxy) is 1. The normalized spacial score (nSPS) is 11.4. The highest BCUT2D eigenvalue weighted by Crippen LogP contribution is 2.26. The van der Waals surface area contributed by atoms with Crippen LogP contribution >= 0.6 is 23.2 Å². The lowest BCUT2D eigenvalue weighted by Crippen LogP contribution is -2.12. The number of nitriles is 1. The van der Waals surface area contributed by atoms with Gasteiger partial charge in [0, 0.05) is 15.6 Å². The molecule has 0 saturated carbocycles. The maximum absolute atomic E-state index is 12.9. The molecule has 146 valence electrons. The number of hydrogen-bond acceptors (Lipinski definition) is 4. The number of nitrogens with one attached hydrogen (secondary N) is 1. The zero-order chi connectivity index (χ0) is 21.0. The van der Waals surface area contributed by atoms with Gasteiger partial charge in [-0.3, -0.25) is 4.79 Å². The minimum absolute atomic E-state index is 0.194. The molecule has 1 N–H and O–H groups in total. The molecule has 8 heteroatoms. The van der Waals surface area contributed by atoms with Gasteiger partial charge in [-0.1, -0.05) is 23.2 Å². The largest absolute Gasteiger partial charge is 0.497 e. The van der Waals surface area contributed by atoms with Crippen LogP contribution in [0.5, 0.6) is 5.75 Å². The van der Waals surface area contributed by atoms with Crippen LogP contribution in [0.2, 0.25) is 10.0 Å². The standard InChI is InChI=1S/C21H14Cl2N2O3S/c1-28-16-4-6-17(7-5-16)29(27)20-9-3-15(10-13(20)12-24)25-21(26)18-8-2-14(22)11-19(18)23/h2-11H,1H3,(H,25,26). The highest BCUT2D eigenvalue weighted by Gasteiger charge is 2.15. The molecule has 3 aromatic carbocycles. The second-order valence-electron chi connectivity index (χ2n) is 5.85. The van der Waals surface area contributed by atoms with E-state index in [-0.39, 0.29) is 16.1 Å². The van der Waals surface area contributed by atoms with Gasteiger partial charge in [-0.2, -0.15) is 5.26 Å². The van der Waals surface area contributed by atoms with Gasteiger partial charge in [0.1, 0.15) is 11.8 Å². The first-order valence-electron chi connectivity index (χ1n) is 8.29. The number of halogens is 2. The molecule has 1 unspecified atom stereocenters. The number of carbonyl (C=O) groups excluding carboxylic acids is 1. The van der Waals surface area contributed by atoms with Gasteiger partial charge in [0.25, 0.3) is 5.91 Å². The van der Waals surface area contributed by atoms with Crippen LogP contribution in [-0.4, -0.2) is 17.2 Å². The predicted octanol–water partition coefficient (Wildman–Crippen LogP) is 5.29. The molecule has 0 saturated heterocycles. The van der Waals surface area contributed by atoms with E-state index in [1.165, 1.54) is 18.2 Å². The van der Waals surface area contributed by atoms with Gasteiger partial charge >= 0.3 is 0 Å². The molecular weight excluding hydrogens is 431 g/mol. The molecule has 0 fully saturated rings. The first-order chi connectivity index (χ1) is 13.9. The SMILES string of the molecule is COc1ccc(S(=O)c2ccc(NC(=O)c3ccc(Cl)cc3Cl)cc2C#N)cc1. The van der Waals surface area contributed by atoms with E-state index in [0.29, 0.717) is 26.3 Å². The Morgan fingerprint density at radius 3 is 2.41 bits per heavy atom. The molecule has 0 aliphatic carbocycles. The van der Waals surface area contributed by atoms with Crippen LogP contribution in [0.1, 0.15) is 15.9 Å². The number of nitrogens with zero attached hydrogens (tertiary/aromatic N) is 1. The van der Waals surface area contributed by atoms with E-state index in [0.717, 1.165) is 0 Å². The number of amides is 1. The number of anilines is 1. The zero-order valence-electron chi connectivity index (χ0n) is 15.1. The van der Waals surface area contributed by atoms with Crippen LogP contribution < -0.4 is 10.1 Å². The summed E-state index contributed by atoms with van der Waals surface area (Å²) in [6, 6.07) is 17.9. The van der Waals surface area contributed by atoms with Crippen LogP contribution in [0, 0.1) is 11.3 Å². The maximum Gasteiger partial charge on any atom is 0.257 e. The molecule has 1 atom stereocenters. The van der Waals surface area contributed by atoms with Crippen molar-refractivity contribution in [2.24, 2.45) is 0 Å². The van der Waals surface area contributed by atoms with Gasteiger partial charge in [-0.25, -0.2) is 4.21 Å². The second-order valence-corrected chi connectivity index (χ2v) is 8.14. The van der Waals surface area contributed by atoms with Gasteiger partial charge in [0.2, 0.25) is 0 Å². The third kappa shape index (κ3) is 4.77. The molecule has 0 aromatic heterocycles. The zero-order valence-corrected chi connectivity index (χ0v) is 17.4. The topological polar surface area (TPSA) is 79.2 Å². The van der Waals surface area contributed by atoms with Crippen molar-refractivity contribution in [1.29, 1.82) is 5.26 Å². The van der Waals surface area contributed by atoms with Crippen molar-refractivity contribution in [3.8, 4) is 11.8 Å². The van der Waals surface area contributed by atoms with E-state index >= 15 is 0 Å². The molecular formula is C21H14Cl2N2O3S. The average Bonchev–Trinajstić information content (AvgIpc) is 2.73. The Labute approximate surface area is 180 Å². The Bertz CT molecular complexity index is 1140. The third-order valence-electron chi connectivity index (χ3n) is 4.01. The summed E-state index contributed by atoms with van der Waals surface area (Å²) in [5, 5.41) is 12.8. The first-order valence-corrected chi connectivity index (χ1v) is 10.2.